The first-order chi connectivity index (χ1) is 9.63. The predicted octanol–water partition coefficient (Wildman–Crippen LogP) is 3.38. The SMILES string of the molecule is Cc1nc([S@@](=O)Cc2csc([C@@H]3CCCO3)n2)sc1C. The van der Waals surface area contributed by atoms with E-state index in [0.717, 1.165) is 40.7 Å². The van der Waals surface area contributed by atoms with Crippen molar-refractivity contribution in [1.29, 1.82) is 0 Å². The summed E-state index contributed by atoms with van der Waals surface area (Å²) in [5.74, 6) is 0.440. The monoisotopic (exact) mass is 328 g/mol. The van der Waals surface area contributed by atoms with Crippen LogP contribution in [0.5, 0.6) is 0 Å². The lowest BCUT2D eigenvalue weighted by Gasteiger charge is -2.03. The molecule has 3 heterocycles. The van der Waals surface area contributed by atoms with Gasteiger partial charge in [0.05, 0.1) is 27.9 Å². The van der Waals surface area contributed by atoms with Crippen LogP contribution in [-0.2, 0) is 21.3 Å². The Morgan fingerprint density at radius 2 is 2.30 bits per heavy atom. The fourth-order valence-corrected chi connectivity index (χ4v) is 5.39. The second kappa shape index (κ2) is 6.01. The van der Waals surface area contributed by atoms with Crippen molar-refractivity contribution < 1.29 is 8.95 Å². The molecule has 2 aromatic heterocycles. The summed E-state index contributed by atoms with van der Waals surface area (Å²) in [4.78, 5) is 10.1. The molecule has 0 radical (unpaired) electrons. The molecule has 0 saturated carbocycles. The van der Waals surface area contributed by atoms with Crippen molar-refractivity contribution in [3.05, 3.63) is 26.7 Å². The van der Waals surface area contributed by atoms with Crippen molar-refractivity contribution in [2.24, 2.45) is 0 Å². The van der Waals surface area contributed by atoms with Gasteiger partial charge in [-0.05, 0) is 26.7 Å². The lowest BCUT2D eigenvalue weighted by atomic mass is 10.2. The molecule has 2 atom stereocenters. The number of nitrogens with zero attached hydrogens (tertiary/aromatic N) is 2. The van der Waals surface area contributed by atoms with Gasteiger partial charge in [-0.15, -0.1) is 22.7 Å². The minimum Gasteiger partial charge on any atom is -0.371 e. The zero-order valence-electron chi connectivity index (χ0n) is 11.4. The molecule has 1 saturated heterocycles. The summed E-state index contributed by atoms with van der Waals surface area (Å²) in [7, 11) is -1.10. The zero-order valence-corrected chi connectivity index (χ0v) is 13.9. The molecule has 108 valence electrons. The summed E-state index contributed by atoms with van der Waals surface area (Å²) >= 11 is 3.12. The Balaban J connectivity index is 1.69. The third kappa shape index (κ3) is 3.00. The minimum atomic E-state index is -1.10. The van der Waals surface area contributed by atoms with Gasteiger partial charge < -0.3 is 4.74 Å². The van der Waals surface area contributed by atoms with Gasteiger partial charge in [0.1, 0.15) is 11.1 Å². The lowest BCUT2D eigenvalue weighted by Crippen LogP contribution is -1.99. The van der Waals surface area contributed by atoms with E-state index < -0.39 is 10.8 Å². The van der Waals surface area contributed by atoms with Crippen LogP contribution < -0.4 is 0 Å². The maximum atomic E-state index is 12.3. The third-order valence-electron chi connectivity index (χ3n) is 3.26. The summed E-state index contributed by atoms with van der Waals surface area (Å²) in [6.45, 7) is 4.78. The second-order valence-electron chi connectivity index (χ2n) is 4.79. The number of ether oxygens (including phenoxy) is 1. The summed E-state index contributed by atoms with van der Waals surface area (Å²) < 4.78 is 18.6. The van der Waals surface area contributed by atoms with Crippen molar-refractivity contribution in [3.63, 3.8) is 0 Å². The van der Waals surface area contributed by atoms with Gasteiger partial charge in [-0.2, -0.15) is 0 Å². The molecular formula is C13H16N2O2S3. The number of hydrogen-bond donors (Lipinski definition) is 0. The molecule has 0 N–H and O–H groups in total. The first kappa shape index (κ1) is 14.3. The van der Waals surface area contributed by atoms with E-state index in [2.05, 4.69) is 9.97 Å². The van der Waals surface area contributed by atoms with Crippen molar-refractivity contribution >= 4 is 33.5 Å². The van der Waals surface area contributed by atoms with Crippen LogP contribution in [0.2, 0.25) is 0 Å². The lowest BCUT2D eigenvalue weighted by molar-refractivity contribution is 0.111. The number of rotatable bonds is 4. The highest BCUT2D eigenvalue weighted by Crippen LogP contribution is 2.31. The Morgan fingerprint density at radius 3 is 2.95 bits per heavy atom. The predicted molar refractivity (Wildman–Crippen MR) is 81.7 cm³/mol. The Bertz CT molecular complexity index is 610. The largest absolute Gasteiger partial charge is 0.371 e. The van der Waals surface area contributed by atoms with Gasteiger partial charge in [-0.1, -0.05) is 0 Å². The Labute approximate surface area is 128 Å². The van der Waals surface area contributed by atoms with Crippen molar-refractivity contribution in [3.8, 4) is 0 Å². The van der Waals surface area contributed by atoms with Gasteiger partial charge in [-0.25, -0.2) is 9.97 Å². The molecule has 1 fully saturated rings. The van der Waals surface area contributed by atoms with Gasteiger partial charge in [0.2, 0.25) is 0 Å². The maximum Gasteiger partial charge on any atom is 0.181 e. The number of aryl methyl sites for hydroxylation is 2. The van der Waals surface area contributed by atoms with E-state index in [4.69, 9.17) is 4.74 Å². The molecule has 7 heteroatoms. The van der Waals surface area contributed by atoms with Crippen LogP contribution in [0.4, 0.5) is 0 Å². The third-order valence-corrected chi connectivity index (χ3v) is 6.96. The maximum absolute atomic E-state index is 12.3. The standard InChI is InChI=1S/C13H16N2O2S3/c1-8-9(2)19-13(14-8)20(16)7-10-6-18-12(15-10)11-4-3-5-17-11/h6,11H,3-5,7H2,1-2H3/t11-,20-/m0/s1. The van der Waals surface area contributed by atoms with E-state index in [1.54, 1.807) is 11.3 Å². The molecule has 4 nitrogen and oxygen atoms in total. The fraction of sp³-hybridized carbons (Fsp3) is 0.538. The zero-order chi connectivity index (χ0) is 14.1. The average molecular weight is 328 g/mol. The highest BCUT2D eigenvalue weighted by atomic mass is 32.2. The molecule has 0 bridgehead atoms. The van der Waals surface area contributed by atoms with Gasteiger partial charge >= 0.3 is 0 Å². The van der Waals surface area contributed by atoms with Crippen LogP contribution in [0.25, 0.3) is 0 Å². The van der Waals surface area contributed by atoms with E-state index in [1.165, 1.54) is 11.3 Å². The van der Waals surface area contributed by atoms with E-state index >= 15 is 0 Å². The first-order valence-electron chi connectivity index (χ1n) is 6.52. The fourth-order valence-electron chi connectivity index (χ4n) is 2.05. The number of thiazole rings is 2. The summed E-state index contributed by atoms with van der Waals surface area (Å²) in [5, 5.41) is 3.00. The average Bonchev–Trinajstić information content (AvgIpc) is 3.11. The van der Waals surface area contributed by atoms with Gasteiger partial charge in [0, 0.05) is 16.9 Å². The molecule has 0 unspecified atom stereocenters. The highest BCUT2D eigenvalue weighted by Gasteiger charge is 2.21. The summed E-state index contributed by atoms with van der Waals surface area (Å²) in [5.41, 5.74) is 1.85. The van der Waals surface area contributed by atoms with Crippen LogP contribution in [0, 0.1) is 13.8 Å². The van der Waals surface area contributed by atoms with Gasteiger partial charge in [-0.3, -0.25) is 4.21 Å². The molecule has 0 aromatic carbocycles. The molecule has 1 aliphatic heterocycles. The normalized spacial score (nSPS) is 20.4. The second-order valence-corrected chi connectivity index (χ2v) is 8.51. The van der Waals surface area contributed by atoms with Gasteiger partial charge in [0.15, 0.2) is 4.34 Å². The van der Waals surface area contributed by atoms with Crippen molar-refractivity contribution in [2.45, 2.75) is 42.9 Å². The van der Waals surface area contributed by atoms with Crippen LogP contribution in [-0.4, -0.2) is 20.8 Å². The Kier molecular flexibility index (Phi) is 4.30. The number of aromatic nitrogens is 2. The van der Waals surface area contributed by atoms with Crippen LogP contribution in [0.15, 0.2) is 9.72 Å². The molecule has 20 heavy (non-hydrogen) atoms. The molecule has 3 rings (SSSR count). The van der Waals surface area contributed by atoms with Crippen molar-refractivity contribution in [1.82, 2.24) is 9.97 Å². The summed E-state index contributed by atoms with van der Waals surface area (Å²) in [6, 6.07) is 0. The van der Waals surface area contributed by atoms with Gasteiger partial charge in [0.25, 0.3) is 0 Å². The quantitative estimate of drug-likeness (QED) is 0.863. The topological polar surface area (TPSA) is 52.1 Å². The van der Waals surface area contributed by atoms with Crippen LogP contribution in [0.3, 0.4) is 0 Å². The Hall–Kier alpha value is -0.630. The minimum absolute atomic E-state index is 0.145. The van der Waals surface area contributed by atoms with E-state index in [0.29, 0.717) is 10.1 Å². The molecule has 0 spiro atoms. The van der Waals surface area contributed by atoms with E-state index in [9.17, 15) is 4.21 Å². The van der Waals surface area contributed by atoms with Crippen LogP contribution >= 0.6 is 22.7 Å². The summed E-state index contributed by atoms with van der Waals surface area (Å²) in [6.07, 6.45) is 2.29. The number of hydrogen-bond acceptors (Lipinski definition) is 6. The smallest absolute Gasteiger partial charge is 0.181 e. The van der Waals surface area contributed by atoms with Crippen LogP contribution in [0.1, 0.15) is 40.2 Å². The molecule has 1 aliphatic rings. The van der Waals surface area contributed by atoms with E-state index in [1.807, 2.05) is 19.2 Å². The molecule has 0 amide bonds. The first-order valence-corrected chi connectivity index (χ1v) is 9.53. The molecule has 0 aliphatic carbocycles. The highest BCUT2D eigenvalue weighted by molar-refractivity contribution is 7.86. The Morgan fingerprint density at radius 1 is 1.45 bits per heavy atom. The molecular weight excluding hydrogens is 312 g/mol. The van der Waals surface area contributed by atoms with Crippen molar-refractivity contribution in [2.75, 3.05) is 6.61 Å². The molecule has 2 aromatic rings. The van der Waals surface area contributed by atoms with E-state index in [-0.39, 0.29) is 6.10 Å².